The molecule has 2 unspecified atom stereocenters. The molecule has 0 aromatic heterocycles. The van der Waals surface area contributed by atoms with Crippen LogP contribution in [0.4, 0.5) is 0 Å². The van der Waals surface area contributed by atoms with Crippen molar-refractivity contribution < 1.29 is 9.53 Å². The highest BCUT2D eigenvalue weighted by atomic mass is 16.5. The molecule has 3 heteroatoms. The summed E-state index contributed by atoms with van der Waals surface area (Å²) in [6.07, 6.45) is 2.82. The van der Waals surface area contributed by atoms with Gasteiger partial charge in [-0.3, -0.25) is 4.79 Å². The van der Waals surface area contributed by atoms with Crippen molar-refractivity contribution in [1.82, 2.24) is 0 Å². The molecule has 0 saturated heterocycles. The van der Waals surface area contributed by atoms with Crippen LogP contribution >= 0.6 is 0 Å². The van der Waals surface area contributed by atoms with E-state index in [2.05, 4.69) is 0 Å². The number of carbonyl (C=O) groups is 1. The molecule has 0 heterocycles. The molecule has 0 bridgehead atoms. The number of carbonyl (C=O) groups excluding carboxylic acids is 1. The van der Waals surface area contributed by atoms with Crippen molar-refractivity contribution in [2.24, 2.45) is 11.7 Å². The fourth-order valence-corrected chi connectivity index (χ4v) is 2.39. The van der Waals surface area contributed by atoms with E-state index in [1.165, 1.54) is 0 Å². The Labute approximate surface area is 122 Å². The van der Waals surface area contributed by atoms with Gasteiger partial charge < -0.3 is 10.5 Å². The van der Waals surface area contributed by atoms with E-state index in [0.29, 0.717) is 11.3 Å². The summed E-state index contributed by atoms with van der Waals surface area (Å²) in [4.78, 5) is 12.6. The van der Waals surface area contributed by atoms with Gasteiger partial charge in [-0.1, -0.05) is 19.4 Å². The molecule has 0 saturated carbocycles. The molecule has 0 aliphatic heterocycles. The number of rotatable bonds is 7. The highest BCUT2D eigenvalue weighted by Crippen LogP contribution is 2.29. The topological polar surface area (TPSA) is 52.3 Å². The van der Waals surface area contributed by atoms with Crippen LogP contribution < -0.4 is 10.5 Å². The molecule has 0 aliphatic rings. The van der Waals surface area contributed by atoms with Gasteiger partial charge in [0.25, 0.3) is 0 Å². The van der Waals surface area contributed by atoms with E-state index in [4.69, 9.17) is 10.5 Å². The first-order valence-corrected chi connectivity index (χ1v) is 7.32. The lowest BCUT2D eigenvalue weighted by Crippen LogP contribution is -2.17. The molecular formula is C17H27NO2. The quantitative estimate of drug-likeness (QED) is 0.774. The molecule has 2 atom stereocenters. The Morgan fingerprint density at radius 3 is 2.45 bits per heavy atom. The first kappa shape index (κ1) is 16.7. The predicted molar refractivity (Wildman–Crippen MR) is 83.5 cm³/mol. The van der Waals surface area contributed by atoms with Gasteiger partial charge in [0.2, 0.25) is 0 Å². The zero-order chi connectivity index (χ0) is 15.3. The van der Waals surface area contributed by atoms with Crippen molar-refractivity contribution in [3.05, 3.63) is 28.8 Å². The maximum absolute atomic E-state index is 12.6. The van der Waals surface area contributed by atoms with Gasteiger partial charge in [0.05, 0.1) is 12.7 Å². The normalized spacial score (nSPS) is 13.9. The minimum atomic E-state index is 0.00440. The molecule has 0 aliphatic carbocycles. The first-order valence-electron chi connectivity index (χ1n) is 7.32. The largest absolute Gasteiger partial charge is 0.496 e. The van der Waals surface area contributed by atoms with Crippen molar-refractivity contribution in [3.8, 4) is 5.75 Å². The van der Waals surface area contributed by atoms with Crippen LogP contribution in [0.5, 0.6) is 5.75 Å². The molecule has 1 aromatic carbocycles. The third kappa shape index (κ3) is 4.07. The van der Waals surface area contributed by atoms with Gasteiger partial charge in [-0.15, -0.1) is 0 Å². The number of hydrogen-bond donors (Lipinski definition) is 1. The zero-order valence-corrected chi connectivity index (χ0v) is 13.3. The molecule has 0 amide bonds. The van der Waals surface area contributed by atoms with Crippen molar-refractivity contribution in [2.45, 2.75) is 53.0 Å². The van der Waals surface area contributed by atoms with E-state index in [9.17, 15) is 4.79 Å². The van der Waals surface area contributed by atoms with Gasteiger partial charge in [0, 0.05) is 12.0 Å². The molecule has 1 rings (SSSR count). The Morgan fingerprint density at radius 1 is 1.25 bits per heavy atom. The van der Waals surface area contributed by atoms with Crippen LogP contribution in [0.3, 0.4) is 0 Å². The number of Topliss-reactive ketones (excluding diaryl/α,β-unsaturated/α-hetero) is 1. The van der Waals surface area contributed by atoms with Crippen LogP contribution in [0.2, 0.25) is 0 Å². The SMILES string of the molecule is COc1c(C(=O)C(C)CCCC(C)N)ccc(C)c1C. The van der Waals surface area contributed by atoms with Gasteiger partial charge in [-0.2, -0.15) is 0 Å². The lowest BCUT2D eigenvalue weighted by atomic mass is 9.91. The van der Waals surface area contributed by atoms with Crippen molar-refractivity contribution in [3.63, 3.8) is 0 Å². The molecule has 20 heavy (non-hydrogen) atoms. The molecular weight excluding hydrogens is 250 g/mol. The van der Waals surface area contributed by atoms with Crippen LogP contribution in [0.1, 0.15) is 54.6 Å². The minimum Gasteiger partial charge on any atom is -0.496 e. The van der Waals surface area contributed by atoms with E-state index >= 15 is 0 Å². The summed E-state index contributed by atoms with van der Waals surface area (Å²) in [5.74, 6) is 0.883. The summed E-state index contributed by atoms with van der Waals surface area (Å²) >= 11 is 0. The van der Waals surface area contributed by atoms with Crippen molar-refractivity contribution in [2.75, 3.05) is 7.11 Å². The maximum Gasteiger partial charge on any atom is 0.169 e. The van der Waals surface area contributed by atoms with Crippen LogP contribution in [-0.4, -0.2) is 18.9 Å². The standard InChI is InChI=1S/C17H27NO2/c1-11-9-10-15(17(20-5)14(11)4)16(19)12(2)7-6-8-13(3)18/h9-10,12-13H,6-8,18H2,1-5H3. The third-order valence-electron chi connectivity index (χ3n) is 3.89. The summed E-state index contributed by atoms with van der Waals surface area (Å²) in [5, 5.41) is 0. The Bertz CT molecular complexity index is 466. The fourth-order valence-electron chi connectivity index (χ4n) is 2.39. The second kappa shape index (κ2) is 7.44. The molecule has 0 radical (unpaired) electrons. The first-order chi connectivity index (χ1) is 9.38. The fraction of sp³-hybridized carbons (Fsp3) is 0.588. The van der Waals surface area contributed by atoms with Gasteiger partial charge in [0.15, 0.2) is 5.78 Å². The van der Waals surface area contributed by atoms with Gasteiger partial charge >= 0.3 is 0 Å². The predicted octanol–water partition coefficient (Wildman–Crippen LogP) is 3.65. The highest BCUT2D eigenvalue weighted by molar-refractivity contribution is 6.00. The zero-order valence-electron chi connectivity index (χ0n) is 13.3. The average Bonchev–Trinajstić information content (AvgIpc) is 2.40. The summed E-state index contributed by atoms with van der Waals surface area (Å²) in [6, 6.07) is 4.07. The summed E-state index contributed by atoms with van der Waals surface area (Å²) in [6.45, 7) is 8.00. The Kier molecular flexibility index (Phi) is 6.21. The summed E-state index contributed by atoms with van der Waals surface area (Å²) in [5.41, 5.74) is 8.63. The smallest absolute Gasteiger partial charge is 0.169 e. The number of hydrogen-bond acceptors (Lipinski definition) is 3. The molecule has 0 fully saturated rings. The Balaban J connectivity index is 2.84. The number of aryl methyl sites for hydroxylation is 1. The van der Waals surface area contributed by atoms with Gasteiger partial charge in [-0.05, 0) is 50.8 Å². The van der Waals surface area contributed by atoms with Crippen LogP contribution in [0, 0.1) is 19.8 Å². The van der Waals surface area contributed by atoms with E-state index in [0.717, 1.165) is 30.4 Å². The number of ketones is 1. The lowest BCUT2D eigenvalue weighted by Gasteiger charge is -2.16. The van der Waals surface area contributed by atoms with Crippen LogP contribution in [0.15, 0.2) is 12.1 Å². The maximum atomic E-state index is 12.6. The van der Waals surface area contributed by atoms with E-state index in [1.54, 1.807) is 7.11 Å². The Morgan fingerprint density at radius 2 is 1.90 bits per heavy atom. The Hall–Kier alpha value is -1.35. The van der Waals surface area contributed by atoms with Crippen molar-refractivity contribution in [1.29, 1.82) is 0 Å². The molecule has 2 N–H and O–H groups in total. The molecule has 3 nitrogen and oxygen atoms in total. The monoisotopic (exact) mass is 277 g/mol. The van der Waals surface area contributed by atoms with Crippen LogP contribution in [0.25, 0.3) is 0 Å². The highest BCUT2D eigenvalue weighted by Gasteiger charge is 2.20. The van der Waals surface area contributed by atoms with E-state index in [1.807, 2.05) is 39.8 Å². The minimum absolute atomic E-state index is 0.00440. The third-order valence-corrected chi connectivity index (χ3v) is 3.89. The van der Waals surface area contributed by atoms with Crippen molar-refractivity contribution >= 4 is 5.78 Å². The number of ether oxygens (including phenoxy) is 1. The molecule has 112 valence electrons. The van der Waals surface area contributed by atoms with E-state index in [-0.39, 0.29) is 17.7 Å². The second-order valence-corrected chi connectivity index (χ2v) is 5.76. The van der Waals surface area contributed by atoms with Gasteiger partial charge in [-0.25, -0.2) is 0 Å². The number of benzene rings is 1. The number of methoxy groups -OCH3 is 1. The second-order valence-electron chi connectivity index (χ2n) is 5.76. The van der Waals surface area contributed by atoms with Gasteiger partial charge in [0.1, 0.15) is 5.75 Å². The van der Waals surface area contributed by atoms with E-state index < -0.39 is 0 Å². The van der Waals surface area contributed by atoms with Crippen LogP contribution in [-0.2, 0) is 0 Å². The number of nitrogens with two attached hydrogens (primary N) is 1. The lowest BCUT2D eigenvalue weighted by molar-refractivity contribution is 0.0918. The summed E-state index contributed by atoms with van der Waals surface area (Å²) in [7, 11) is 1.62. The average molecular weight is 277 g/mol. The molecule has 0 spiro atoms. The molecule has 1 aromatic rings. The summed E-state index contributed by atoms with van der Waals surface area (Å²) < 4.78 is 5.43.